The predicted octanol–water partition coefficient (Wildman–Crippen LogP) is 7.43. The molecule has 0 saturated heterocycles. The summed E-state index contributed by atoms with van der Waals surface area (Å²) in [7, 11) is -5.43. The number of aliphatic hydroxyl groups excluding tert-OH is 1. The molecule has 6 rings (SSSR count). The Balaban J connectivity index is 1.80. The molecule has 222 valence electrons. The molecule has 1 nitrogen and oxygen atoms in total. The molecule has 3 heteroatoms. The van der Waals surface area contributed by atoms with Crippen molar-refractivity contribution in [2.75, 3.05) is 0 Å². The van der Waals surface area contributed by atoms with Crippen molar-refractivity contribution in [2.45, 2.75) is 25.6 Å². The van der Waals surface area contributed by atoms with Crippen LogP contribution >= 0.6 is 0 Å². The SMILES string of the molecule is C[Si](C(=C(CC(O)c1ccccc1)c1ccccc1)[Si](C)(c1ccccc1)c1ccccc1)(c1ccccc1)c1ccccc1. The zero-order chi connectivity index (χ0) is 31.1. The Kier molecular flexibility index (Phi) is 9.22. The molecule has 0 aliphatic carbocycles. The Morgan fingerprint density at radius 2 is 0.733 bits per heavy atom. The third kappa shape index (κ3) is 6.07. The predicted molar refractivity (Wildman–Crippen MR) is 197 cm³/mol. The van der Waals surface area contributed by atoms with Crippen LogP contribution in [0.4, 0.5) is 0 Å². The lowest BCUT2D eigenvalue weighted by molar-refractivity contribution is 0.184. The maximum Gasteiger partial charge on any atom is 0.138 e. The van der Waals surface area contributed by atoms with E-state index in [0.717, 1.165) is 5.56 Å². The second-order valence-electron chi connectivity index (χ2n) is 12.1. The van der Waals surface area contributed by atoms with E-state index < -0.39 is 22.3 Å². The fourth-order valence-corrected chi connectivity index (χ4v) is 19.8. The van der Waals surface area contributed by atoms with Gasteiger partial charge in [-0.3, -0.25) is 0 Å². The minimum absolute atomic E-state index is 0.522. The summed E-state index contributed by atoms with van der Waals surface area (Å²) in [4.78, 5) is 1.52. The first-order valence-corrected chi connectivity index (χ1v) is 20.8. The molecule has 0 radical (unpaired) electrons. The van der Waals surface area contributed by atoms with Crippen molar-refractivity contribution < 1.29 is 5.11 Å². The lowest BCUT2D eigenvalue weighted by atomic mass is 9.97. The van der Waals surface area contributed by atoms with Crippen LogP contribution < -0.4 is 20.7 Å². The number of hydrogen-bond acceptors (Lipinski definition) is 1. The molecule has 0 saturated carbocycles. The minimum Gasteiger partial charge on any atom is -0.388 e. The standard InChI is InChI=1S/C42H40OSi2/c1-44(36-25-13-5-14-26-36,37-27-15-6-16-28-37)42(45(2,38-29-17-7-18-30-38)39-31-19-8-20-32-39)40(34-21-9-3-10-22-34)33-41(43)35-23-11-4-12-24-35/h3-32,41,43H,33H2,1-2H3. The molecule has 0 heterocycles. The first-order valence-electron chi connectivity index (χ1n) is 15.8. The van der Waals surface area contributed by atoms with E-state index in [4.69, 9.17) is 0 Å². The summed E-state index contributed by atoms with van der Waals surface area (Å²) in [5, 5.41) is 17.5. The van der Waals surface area contributed by atoms with E-state index in [2.05, 4.69) is 165 Å². The zero-order valence-corrected chi connectivity index (χ0v) is 28.1. The van der Waals surface area contributed by atoms with Crippen molar-refractivity contribution >= 4 is 42.5 Å². The number of aliphatic hydroxyl groups is 1. The van der Waals surface area contributed by atoms with E-state index >= 15 is 0 Å². The second-order valence-corrected chi connectivity index (χ2v) is 20.4. The van der Waals surface area contributed by atoms with Crippen molar-refractivity contribution in [1.29, 1.82) is 0 Å². The number of benzene rings is 6. The highest BCUT2D eigenvalue weighted by molar-refractivity contribution is 7.25. The molecule has 6 aromatic rings. The van der Waals surface area contributed by atoms with Crippen LogP contribution in [0.2, 0.25) is 13.1 Å². The summed E-state index contributed by atoms with van der Waals surface area (Å²) in [6.45, 7) is 5.09. The van der Waals surface area contributed by atoms with Gasteiger partial charge in [-0.25, -0.2) is 0 Å². The highest BCUT2D eigenvalue weighted by atomic mass is 28.4. The van der Waals surface area contributed by atoms with Crippen LogP contribution in [0, 0.1) is 0 Å². The largest absolute Gasteiger partial charge is 0.388 e. The molecule has 0 amide bonds. The van der Waals surface area contributed by atoms with Gasteiger partial charge in [-0.15, -0.1) is 0 Å². The summed E-state index contributed by atoms with van der Waals surface area (Å²) in [6, 6.07) is 65.6. The summed E-state index contributed by atoms with van der Waals surface area (Å²) < 4.78 is 0. The maximum absolute atomic E-state index is 12.0. The van der Waals surface area contributed by atoms with Crippen LogP contribution in [0.3, 0.4) is 0 Å². The number of rotatable bonds is 10. The highest BCUT2D eigenvalue weighted by Gasteiger charge is 2.50. The van der Waals surface area contributed by atoms with E-state index in [1.807, 2.05) is 30.3 Å². The van der Waals surface area contributed by atoms with Crippen LogP contribution in [0.25, 0.3) is 5.57 Å². The van der Waals surface area contributed by atoms with E-state index in [0.29, 0.717) is 6.42 Å². The molecule has 0 aliphatic rings. The average molecular weight is 617 g/mol. The van der Waals surface area contributed by atoms with Gasteiger partial charge in [0.15, 0.2) is 0 Å². The normalized spacial score (nSPS) is 12.3. The topological polar surface area (TPSA) is 20.2 Å². The minimum atomic E-state index is -2.72. The van der Waals surface area contributed by atoms with Gasteiger partial charge < -0.3 is 5.11 Å². The van der Waals surface area contributed by atoms with Gasteiger partial charge >= 0.3 is 0 Å². The monoisotopic (exact) mass is 616 g/mol. The quantitative estimate of drug-likeness (QED) is 0.159. The van der Waals surface area contributed by atoms with E-state index in [9.17, 15) is 5.11 Å². The summed E-state index contributed by atoms with van der Waals surface area (Å²) in [5.74, 6) is 0. The van der Waals surface area contributed by atoms with Crippen molar-refractivity contribution in [3.05, 3.63) is 198 Å². The first-order chi connectivity index (χ1) is 22.0. The molecule has 45 heavy (non-hydrogen) atoms. The summed E-state index contributed by atoms with van der Waals surface area (Å²) >= 11 is 0. The van der Waals surface area contributed by atoms with Gasteiger partial charge in [-0.2, -0.15) is 0 Å². The highest BCUT2D eigenvalue weighted by Crippen LogP contribution is 2.38. The first kappa shape index (κ1) is 30.5. The van der Waals surface area contributed by atoms with E-state index in [1.54, 1.807) is 0 Å². The Bertz CT molecular complexity index is 1650. The molecule has 0 fully saturated rings. The van der Waals surface area contributed by atoms with Crippen LogP contribution in [0.15, 0.2) is 187 Å². The van der Waals surface area contributed by atoms with Gasteiger partial charge in [0.1, 0.15) is 16.1 Å². The van der Waals surface area contributed by atoms with Crippen molar-refractivity contribution in [3.8, 4) is 0 Å². The van der Waals surface area contributed by atoms with Gasteiger partial charge in [0.25, 0.3) is 0 Å². The van der Waals surface area contributed by atoms with Crippen LogP contribution in [0.1, 0.15) is 23.7 Å². The average Bonchev–Trinajstić information content (AvgIpc) is 3.13. The molecule has 0 aliphatic heterocycles. The Morgan fingerprint density at radius 3 is 1.07 bits per heavy atom. The van der Waals surface area contributed by atoms with Crippen LogP contribution in [-0.2, 0) is 0 Å². The third-order valence-electron chi connectivity index (χ3n) is 9.41. The van der Waals surface area contributed by atoms with Crippen LogP contribution in [-0.4, -0.2) is 21.3 Å². The second kappa shape index (κ2) is 13.6. The van der Waals surface area contributed by atoms with Crippen molar-refractivity contribution in [3.63, 3.8) is 0 Å². The lowest BCUT2D eigenvalue weighted by Gasteiger charge is -2.44. The molecular weight excluding hydrogens is 577 g/mol. The maximum atomic E-state index is 12.0. The molecule has 0 spiro atoms. The molecule has 0 bridgehead atoms. The fourth-order valence-electron chi connectivity index (χ4n) is 7.09. The lowest BCUT2D eigenvalue weighted by Crippen LogP contribution is -2.70. The Morgan fingerprint density at radius 1 is 0.444 bits per heavy atom. The van der Waals surface area contributed by atoms with Crippen LogP contribution in [0.5, 0.6) is 0 Å². The van der Waals surface area contributed by atoms with Gasteiger partial charge in [-0.05, 0) is 16.7 Å². The van der Waals surface area contributed by atoms with Gasteiger partial charge in [0, 0.05) is 6.42 Å². The molecule has 0 aromatic heterocycles. The molecule has 6 aromatic carbocycles. The van der Waals surface area contributed by atoms with Gasteiger partial charge in [-0.1, -0.05) is 221 Å². The number of hydrogen-bond donors (Lipinski definition) is 1. The molecule has 1 atom stereocenters. The zero-order valence-electron chi connectivity index (χ0n) is 26.1. The Hall–Kier alpha value is -4.55. The van der Waals surface area contributed by atoms with E-state index in [1.165, 1.54) is 36.7 Å². The van der Waals surface area contributed by atoms with Crippen molar-refractivity contribution in [2.24, 2.45) is 0 Å². The van der Waals surface area contributed by atoms with Crippen molar-refractivity contribution in [1.82, 2.24) is 0 Å². The molecule has 1 N–H and O–H groups in total. The fraction of sp³-hybridized carbons (Fsp3) is 0.0952. The smallest absolute Gasteiger partial charge is 0.138 e. The van der Waals surface area contributed by atoms with Gasteiger partial charge in [0.2, 0.25) is 0 Å². The Labute approximate surface area is 270 Å². The molecule has 1 unspecified atom stereocenters. The van der Waals surface area contributed by atoms with Gasteiger partial charge in [0.05, 0.1) is 6.10 Å². The summed E-state index contributed by atoms with van der Waals surface area (Å²) in [6.07, 6.45) is -0.126. The summed E-state index contributed by atoms with van der Waals surface area (Å²) in [5.41, 5.74) is 3.38. The third-order valence-corrected chi connectivity index (χ3v) is 21.0. The van der Waals surface area contributed by atoms with E-state index in [-0.39, 0.29) is 0 Å². The molecular formula is C42H40OSi2.